The molecule has 1 aliphatic heterocycles. The predicted octanol–water partition coefficient (Wildman–Crippen LogP) is 4.45. The molecule has 0 saturated carbocycles. The number of aromatic hydroxyl groups is 1. The van der Waals surface area contributed by atoms with Gasteiger partial charge < -0.3 is 25.0 Å². The van der Waals surface area contributed by atoms with Gasteiger partial charge in [-0.25, -0.2) is 4.39 Å². The molecule has 1 aliphatic carbocycles. The first-order valence-corrected chi connectivity index (χ1v) is 11.8. The SMILES string of the molecule is COc1cc(O)c2c(c1C(=O)NCc1c(C)ccc3ccc(F)cc13)OC1=CC(O)=C(C(C)=O)C(=O)[C@]12C. The molecule has 8 nitrogen and oxygen atoms in total. The number of phenolic OH excluding ortho intramolecular Hbond substituents is 1. The number of rotatable bonds is 5. The first-order valence-electron chi connectivity index (χ1n) is 11.8. The monoisotopic (exact) mass is 517 g/mol. The number of hydrogen-bond acceptors (Lipinski definition) is 7. The minimum absolute atomic E-state index is 0.0151. The van der Waals surface area contributed by atoms with Gasteiger partial charge in [0.05, 0.1) is 12.7 Å². The second kappa shape index (κ2) is 8.72. The molecule has 0 bridgehead atoms. The summed E-state index contributed by atoms with van der Waals surface area (Å²) < 4.78 is 25.3. The third-order valence-electron chi connectivity index (χ3n) is 7.19. The van der Waals surface area contributed by atoms with Crippen LogP contribution in [0.25, 0.3) is 10.8 Å². The van der Waals surface area contributed by atoms with Crippen LogP contribution >= 0.6 is 0 Å². The summed E-state index contributed by atoms with van der Waals surface area (Å²) in [5.74, 6) is -3.57. The first kappa shape index (κ1) is 25.0. The summed E-state index contributed by atoms with van der Waals surface area (Å²) >= 11 is 0. The van der Waals surface area contributed by atoms with Gasteiger partial charge in [0, 0.05) is 18.7 Å². The highest BCUT2D eigenvalue weighted by Crippen LogP contribution is 2.56. The Balaban J connectivity index is 1.59. The molecular weight excluding hydrogens is 493 g/mol. The maximum atomic E-state index is 14.0. The number of aliphatic hydroxyl groups excluding tert-OH is 1. The number of benzene rings is 3. The fourth-order valence-corrected chi connectivity index (χ4v) is 5.18. The minimum Gasteiger partial charge on any atom is -0.507 e. The average Bonchev–Trinajstić information content (AvgIpc) is 3.16. The Hall–Kier alpha value is -4.66. The van der Waals surface area contributed by atoms with Crippen LogP contribution in [0.3, 0.4) is 0 Å². The summed E-state index contributed by atoms with van der Waals surface area (Å²) in [6.07, 6.45) is 1.14. The summed E-state index contributed by atoms with van der Waals surface area (Å²) in [7, 11) is 1.31. The van der Waals surface area contributed by atoms with E-state index in [-0.39, 0.29) is 40.7 Å². The second-order valence-corrected chi connectivity index (χ2v) is 9.47. The van der Waals surface area contributed by atoms with Crippen molar-refractivity contribution in [1.29, 1.82) is 0 Å². The number of phenols is 1. The Labute approximate surface area is 217 Å². The number of amides is 1. The van der Waals surface area contributed by atoms with E-state index in [0.29, 0.717) is 10.9 Å². The van der Waals surface area contributed by atoms with Gasteiger partial charge in [0.2, 0.25) is 0 Å². The standard InChI is InChI=1S/C29H24FNO7/c1-13-5-6-15-7-8-16(30)9-17(15)18(13)12-31-28(36)24-21(37-4)10-20(34)25-26(24)38-22-11-19(33)23(14(2)32)27(35)29(22,25)3/h5-11,33-34H,12H2,1-4H3,(H,31,36)/t29-/m1/s1. The Morgan fingerprint density at radius 2 is 1.87 bits per heavy atom. The number of allylic oxidation sites excluding steroid dienone is 3. The predicted molar refractivity (Wildman–Crippen MR) is 136 cm³/mol. The van der Waals surface area contributed by atoms with Crippen LogP contribution in [0.2, 0.25) is 0 Å². The van der Waals surface area contributed by atoms with Crippen LogP contribution in [-0.2, 0) is 21.5 Å². The number of carbonyl (C=O) groups is 3. The summed E-state index contributed by atoms with van der Waals surface area (Å²) in [4.78, 5) is 39.1. The number of aryl methyl sites for hydroxylation is 1. The number of aliphatic hydroxyl groups is 1. The topological polar surface area (TPSA) is 122 Å². The zero-order valence-corrected chi connectivity index (χ0v) is 21.1. The van der Waals surface area contributed by atoms with Crippen molar-refractivity contribution in [2.45, 2.75) is 32.7 Å². The molecule has 0 unspecified atom stereocenters. The quantitative estimate of drug-likeness (QED) is 0.428. The van der Waals surface area contributed by atoms with Crippen LogP contribution < -0.4 is 14.8 Å². The van der Waals surface area contributed by atoms with E-state index in [2.05, 4.69) is 5.32 Å². The Morgan fingerprint density at radius 3 is 2.55 bits per heavy atom. The van der Waals surface area contributed by atoms with Crippen molar-refractivity contribution in [2.75, 3.05) is 7.11 Å². The van der Waals surface area contributed by atoms with E-state index in [1.54, 1.807) is 6.07 Å². The fourth-order valence-electron chi connectivity index (χ4n) is 5.18. The molecule has 0 spiro atoms. The summed E-state index contributed by atoms with van der Waals surface area (Å²) in [6, 6.07) is 9.36. The molecular formula is C29H24FNO7. The van der Waals surface area contributed by atoms with E-state index >= 15 is 0 Å². The third-order valence-corrected chi connectivity index (χ3v) is 7.19. The van der Waals surface area contributed by atoms with E-state index in [9.17, 15) is 29.0 Å². The smallest absolute Gasteiger partial charge is 0.259 e. The van der Waals surface area contributed by atoms with Gasteiger partial charge in [0.25, 0.3) is 5.91 Å². The molecule has 9 heteroatoms. The number of methoxy groups -OCH3 is 1. The lowest BCUT2D eigenvalue weighted by Crippen LogP contribution is -2.38. The molecule has 3 N–H and O–H groups in total. The normalized spacial score (nSPS) is 18.0. The first-order chi connectivity index (χ1) is 18.0. The van der Waals surface area contributed by atoms with Crippen LogP contribution in [0.4, 0.5) is 4.39 Å². The highest BCUT2D eigenvalue weighted by atomic mass is 19.1. The molecule has 0 fully saturated rings. The molecule has 0 saturated heterocycles. The second-order valence-electron chi connectivity index (χ2n) is 9.47. The van der Waals surface area contributed by atoms with Crippen molar-refractivity contribution in [1.82, 2.24) is 5.32 Å². The summed E-state index contributed by atoms with van der Waals surface area (Å²) in [5, 5.41) is 25.5. The molecule has 1 amide bonds. The van der Waals surface area contributed by atoms with Crippen molar-refractivity contribution < 1.29 is 38.5 Å². The van der Waals surface area contributed by atoms with E-state index in [0.717, 1.165) is 23.9 Å². The summed E-state index contributed by atoms with van der Waals surface area (Å²) in [6.45, 7) is 4.49. The highest BCUT2D eigenvalue weighted by Gasteiger charge is 2.55. The Morgan fingerprint density at radius 1 is 1.16 bits per heavy atom. The molecule has 1 heterocycles. The van der Waals surface area contributed by atoms with Crippen molar-refractivity contribution in [3.05, 3.63) is 87.6 Å². The van der Waals surface area contributed by atoms with Gasteiger partial charge in [0.1, 0.15) is 45.4 Å². The van der Waals surface area contributed by atoms with Crippen LogP contribution in [-0.4, -0.2) is 34.8 Å². The number of halogens is 1. The Bertz CT molecular complexity index is 1650. The largest absolute Gasteiger partial charge is 0.507 e. The van der Waals surface area contributed by atoms with Gasteiger partial charge in [-0.2, -0.15) is 0 Å². The molecule has 3 aromatic rings. The maximum absolute atomic E-state index is 14.0. The number of Topliss-reactive ketones (excluding diaryl/α,β-unsaturated/α-hetero) is 2. The Kier molecular flexibility index (Phi) is 5.74. The van der Waals surface area contributed by atoms with Crippen LogP contribution in [0.5, 0.6) is 17.2 Å². The molecule has 0 aromatic heterocycles. The lowest BCUT2D eigenvalue weighted by atomic mass is 9.71. The van der Waals surface area contributed by atoms with E-state index < -0.39 is 40.0 Å². The zero-order chi connectivity index (χ0) is 27.5. The highest BCUT2D eigenvalue weighted by molar-refractivity contribution is 6.25. The van der Waals surface area contributed by atoms with E-state index in [4.69, 9.17) is 9.47 Å². The number of carbonyl (C=O) groups excluding carboxylic acids is 3. The number of fused-ring (bicyclic) bond motifs is 4. The van der Waals surface area contributed by atoms with Gasteiger partial charge >= 0.3 is 0 Å². The maximum Gasteiger partial charge on any atom is 0.259 e. The molecule has 38 heavy (non-hydrogen) atoms. The van der Waals surface area contributed by atoms with Gasteiger partial charge in [-0.15, -0.1) is 0 Å². The number of ether oxygens (including phenoxy) is 2. The van der Waals surface area contributed by atoms with Crippen LogP contribution in [0, 0.1) is 12.7 Å². The van der Waals surface area contributed by atoms with Gasteiger partial charge in [-0.1, -0.05) is 18.2 Å². The van der Waals surface area contributed by atoms with E-state index in [1.807, 2.05) is 19.1 Å². The zero-order valence-electron chi connectivity index (χ0n) is 21.1. The van der Waals surface area contributed by atoms with Crippen LogP contribution in [0.15, 0.2) is 59.6 Å². The van der Waals surface area contributed by atoms with Gasteiger partial charge in [-0.05, 0) is 54.8 Å². The molecule has 2 aliphatic rings. The minimum atomic E-state index is -1.66. The number of nitrogens with one attached hydrogen (secondary N) is 1. The van der Waals surface area contributed by atoms with Crippen molar-refractivity contribution in [2.24, 2.45) is 0 Å². The lowest BCUT2D eigenvalue weighted by molar-refractivity contribution is -0.123. The van der Waals surface area contributed by atoms with Gasteiger partial charge in [-0.3, -0.25) is 14.4 Å². The van der Waals surface area contributed by atoms with Gasteiger partial charge in [0.15, 0.2) is 17.3 Å². The fraction of sp³-hybridized carbons (Fsp3) is 0.207. The lowest BCUT2D eigenvalue weighted by Gasteiger charge is -2.27. The number of ketones is 2. The average molecular weight is 518 g/mol. The molecule has 194 valence electrons. The van der Waals surface area contributed by atoms with Crippen molar-refractivity contribution >= 4 is 28.2 Å². The molecule has 1 atom stereocenters. The van der Waals surface area contributed by atoms with Crippen molar-refractivity contribution in [3.63, 3.8) is 0 Å². The molecule has 3 aromatic carbocycles. The van der Waals surface area contributed by atoms with Crippen LogP contribution in [0.1, 0.15) is 40.9 Å². The van der Waals surface area contributed by atoms with E-state index in [1.165, 1.54) is 32.2 Å². The number of hydrogen-bond donors (Lipinski definition) is 3. The summed E-state index contributed by atoms with van der Waals surface area (Å²) in [5.41, 5.74) is -0.628. The third kappa shape index (κ3) is 3.53. The molecule has 5 rings (SSSR count). The van der Waals surface area contributed by atoms with Crippen molar-refractivity contribution in [3.8, 4) is 17.2 Å². The molecule has 0 radical (unpaired) electrons.